The number of piperidine rings is 1. The van der Waals surface area contributed by atoms with Crippen LogP contribution in [-0.2, 0) is 11.2 Å². The van der Waals surface area contributed by atoms with Gasteiger partial charge in [0.05, 0.1) is 17.4 Å². The summed E-state index contributed by atoms with van der Waals surface area (Å²) in [5.41, 5.74) is 0.828. The molecule has 2 atom stereocenters. The predicted octanol–water partition coefficient (Wildman–Crippen LogP) is 5.39. The SMILES string of the molecule is CC(C)(C)C(=O)Nc1ccc(CCC[C@@H]2C[C@@H]2C2CCN(c3ncc(Cl)cn3)CC2)cn1. The summed E-state index contributed by atoms with van der Waals surface area (Å²) in [7, 11) is 0. The highest BCUT2D eigenvalue weighted by Crippen LogP contribution is 2.50. The number of pyridine rings is 1. The fourth-order valence-corrected chi connectivity index (χ4v) is 4.79. The zero-order valence-electron chi connectivity index (χ0n) is 19.4. The lowest BCUT2D eigenvalue weighted by Crippen LogP contribution is -2.35. The molecule has 0 unspecified atom stereocenters. The van der Waals surface area contributed by atoms with E-state index < -0.39 is 5.41 Å². The van der Waals surface area contributed by atoms with Gasteiger partial charge in [-0.05, 0) is 67.9 Å². The highest BCUT2D eigenvalue weighted by Gasteiger charge is 2.42. The molecule has 4 rings (SSSR count). The monoisotopic (exact) mass is 455 g/mol. The van der Waals surface area contributed by atoms with Crippen molar-refractivity contribution in [2.24, 2.45) is 23.2 Å². The number of aromatic nitrogens is 3. The van der Waals surface area contributed by atoms with Gasteiger partial charge in [-0.15, -0.1) is 0 Å². The van der Waals surface area contributed by atoms with E-state index in [1.54, 1.807) is 12.4 Å². The molecule has 7 heteroatoms. The minimum absolute atomic E-state index is 0.0101. The van der Waals surface area contributed by atoms with E-state index >= 15 is 0 Å². The summed E-state index contributed by atoms with van der Waals surface area (Å²) in [6, 6.07) is 4.00. The van der Waals surface area contributed by atoms with E-state index in [1.807, 2.05) is 33.0 Å². The first-order valence-electron chi connectivity index (χ1n) is 11.8. The van der Waals surface area contributed by atoms with Crippen molar-refractivity contribution in [3.05, 3.63) is 41.3 Å². The minimum Gasteiger partial charge on any atom is -0.341 e. The van der Waals surface area contributed by atoms with Crippen molar-refractivity contribution in [2.45, 2.75) is 59.3 Å². The number of hydrogen-bond donors (Lipinski definition) is 1. The minimum atomic E-state index is -0.415. The maximum Gasteiger partial charge on any atom is 0.230 e. The molecule has 32 heavy (non-hydrogen) atoms. The summed E-state index contributed by atoms with van der Waals surface area (Å²) in [6.45, 7) is 7.79. The van der Waals surface area contributed by atoms with Crippen LogP contribution in [0.15, 0.2) is 30.7 Å². The van der Waals surface area contributed by atoms with Crippen LogP contribution in [0.25, 0.3) is 0 Å². The van der Waals surface area contributed by atoms with Crippen LogP contribution < -0.4 is 10.2 Å². The zero-order valence-corrected chi connectivity index (χ0v) is 20.1. The number of hydrogen-bond acceptors (Lipinski definition) is 5. The number of halogens is 1. The first-order chi connectivity index (χ1) is 15.3. The largest absolute Gasteiger partial charge is 0.341 e. The second-order valence-electron chi connectivity index (χ2n) is 10.3. The summed E-state index contributed by atoms with van der Waals surface area (Å²) in [4.78, 5) is 27.5. The summed E-state index contributed by atoms with van der Waals surface area (Å²) < 4.78 is 0. The zero-order chi connectivity index (χ0) is 22.7. The van der Waals surface area contributed by atoms with Gasteiger partial charge < -0.3 is 10.2 Å². The summed E-state index contributed by atoms with van der Waals surface area (Å²) >= 11 is 5.90. The van der Waals surface area contributed by atoms with Gasteiger partial charge in [-0.25, -0.2) is 15.0 Å². The molecule has 2 aromatic rings. The molecule has 1 amide bonds. The number of rotatable bonds is 7. The van der Waals surface area contributed by atoms with Crippen molar-refractivity contribution in [3.63, 3.8) is 0 Å². The topological polar surface area (TPSA) is 71.0 Å². The molecule has 0 spiro atoms. The third-order valence-corrected chi connectivity index (χ3v) is 7.00. The number of nitrogens with one attached hydrogen (secondary N) is 1. The van der Waals surface area contributed by atoms with Gasteiger partial charge in [-0.3, -0.25) is 4.79 Å². The van der Waals surface area contributed by atoms with Crippen molar-refractivity contribution in [1.82, 2.24) is 15.0 Å². The lowest BCUT2D eigenvalue weighted by Gasteiger charge is -2.32. The van der Waals surface area contributed by atoms with Crippen LogP contribution in [0.4, 0.5) is 11.8 Å². The fourth-order valence-electron chi connectivity index (χ4n) is 4.70. The second-order valence-corrected chi connectivity index (χ2v) is 10.8. The first kappa shape index (κ1) is 23.0. The van der Waals surface area contributed by atoms with Crippen molar-refractivity contribution in [2.75, 3.05) is 23.3 Å². The van der Waals surface area contributed by atoms with Crippen LogP contribution in [0.3, 0.4) is 0 Å². The van der Waals surface area contributed by atoms with Crippen molar-refractivity contribution in [1.29, 1.82) is 0 Å². The summed E-state index contributed by atoms with van der Waals surface area (Å²) in [6.07, 6.45) is 12.7. The summed E-state index contributed by atoms with van der Waals surface area (Å²) in [5.74, 6) is 4.05. The molecule has 1 N–H and O–H groups in total. The standard InChI is InChI=1S/C25H34ClN5O/c1-25(2,3)23(32)30-22-8-7-17(14-27-22)5-4-6-19-13-21(19)18-9-11-31(12-10-18)24-28-15-20(26)16-29-24/h7-8,14-16,18-19,21H,4-6,9-13H2,1-3H3,(H,27,30,32)/t19-,21-/m1/s1. The van der Waals surface area contributed by atoms with Gasteiger partial charge in [-0.1, -0.05) is 38.4 Å². The Morgan fingerprint density at radius 3 is 2.47 bits per heavy atom. The van der Waals surface area contributed by atoms with E-state index in [1.165, 1.54) is 37.7 Å². The van der Waals surface area contributed by atoms with Crippen LogP contribution in [0.2, 0.25) is 5.02 Å². The quantitative estimate of drug-likeness (QED) is 0.606. The van der Waals surface area contributed by atoms with E-state index in [2.05, 4.69) is 31.2 Å². The highest BCUT2D eigenvalue weighted by molar-refractivity contribution is 6.30. The van der Waals surface area contributed by atoms with Gasteiger partial charge >= 0.3 is 0 Å². The Morgan fingerprint density at radius 2 is 1.84 bits per heavy atom. The lowest BCUT2D eigenvalue weighted by atomic mass is 9.90. The Bertz CT molecular complexity index is 901. The molecule has 2 fully saturated rings. The first-order valence-corrected chi connectivity index (χ1v) is 12.2. The maximum absolute atomic E-state index is 12.1. The molecule has 3 heterocycles. The number of nitrogens with zero attached hydrogens (tertiary/aromatic N) is 4. The molecule has 0 aromatic carbocycles. The van der Waals surface area contributed by atoms with Crippen LogP contribution >= 0.6 is 11.6 Å². The van der Waals surface area contributed by atoms with E-state index in [4.69, 9.17) is 11.6 Å². The van der Waals surface area contributed by atoms with Gasteiger partial charge in [0, 0.05) is 24.7 Å². The molecule has 1 saturated carbocycles. The van der Waals surface area contributed by atoms with Crippen LogP contribution in [0.1, 0.15) is 58.4 Å². The van der Waals surface area contributed by atoms with Crippen molar-refractivity contribution < 1.29 is 4.79 Å². The van der Waals surface area contributed by atoms with Crippen LogP contribution in [0, 0.1) is 23.2 Å². The Morgan fingerprint density at radius 1 is 1.12 bits per heavy atom. The van der Waals surface area contributed by atoms with E-state index in [9.17, 15) is 4.79 Å². The van der Waals surface area contributed by atoms with Gasteiger partial charge in [0.1, 0.15) is 5.82 Å². The third-order valence-electron chi connectivity index (χ3n) is 6.80. The van der Waals surface area contributed by atoms with Crippen molar-refractivity contribution >= 4 is 29.3 Å². The molecule has 0 bridgehead atoms. The molecule has 2 aliphatic rings. The van der Waals surface area contributed by atoms with Gasteiger partial charge in [0.15, 0.2) is 0 Å². The molecule has 172 valence electrons. The predicted molar refractivity (Wildman–Crippen MR) is 129 cm³/mol. The van der Waals surface area contributed by atoms with Gasteiger partial charge in [-0.2, -0.15) is 0 Å². The Hall–Kier alpha value is -2.21. The molecular weight excluding hydrogens is 422 g/mol. The average molecular weight is 456 g/mol. The maximum atomic E-state index is 12.1. The van der Waals surface area contributed by atoms with E-state index in [0.717, 1.165) is 43.2 Å². The Kier molecular flexibility index (Phi) is 6.99. The molecule has 1 aliphatic heterocycles. The molecule has 6 nitrogen and oxygen atoms in total. The highest BCUT2D eigenvalue weighted by atomic mass is 35.5. The van der Waals surface area contributed by atoms with Crippen LogP contribution in [-0.4, -0.2) is 33.9 Å². The normalized spacial score (nSPS) is 21.4. The number of carbonyl (C=O) groups is 1. The molecule has 0 radical (unpaired) electrons. The summed E-state index contributed by atoms with van der Waals surface area (Å²) in [5, 5.41) is 3.47. The Balaban J connectivity index is 1.15. The Labute approximate surface area is 196 Å². The van der Waals surface area contributed by atoms with Gasteiger partial charge in [0.25, 0.3) is 0 Å². The van der Waals surface area contributed by atoms with Crippen LogP contribution in [0.5, 0.6) is 0 Å². The number of anilines is 2. The molecular formula is C25H34ClN5O. The smallest absolute Gasteiger partial charge is 0.230 e. The second kappa shape index (κ2) is 9.74. The number of amides is 1. The van der Waals surface area contributed by atoms with Crippen molar-refractivity contribution in [3.8, 4) is 0 Å². The molecule has 1 aliphatic carbocycles. The number of carbonyl (C=O) groups excluding carboxylic acids is 1. The third kappa shape index (κ3) is 5.97. The average Bonchev–Trinajstić information content (AvgIpc) is 3.54. The fraction of sp³-hybridized carbons (Fsp3) is 0.600. The molecule has 1 saturated heterocycles. The number of aryl methyl sites for hydroxylation is 1. The van der Waals surface area contributed by atoms with E-state index in [0.29, 0.717) is 10.8 Å². The molecule has 2 aromatic heterocycles. The lowest BCUT2D eigenvalue weighted by molar-refractivity contribution is -0.123. The van der Waals surface area contributed by atoms with E-state index in [-0.39, 0.29) is 5.91 Å². The van der Waals surface area contributed by atoms with Gasteiger partial charge in [0.2, 0.25) is 11.9 Å².